The summed E-state index contributed by atoms with van der Waals surface area (Å²) in [6, 6.07) is 0. The molecule has 0 bridgehead atoms. The van der Waals surface area contributed by atoms with Gasteiger partial charge in [0.25, 0.3) is 0 Å². The van der Waals surface area contributed by atoms with Crippen LogP contribution in [0.25, 0.3) is 0 Å². The number of aliphatic hydroxyl groups excluding tert-OH is 3. The first-order chi connectivity index (χ1) is 6.11. The Labute approximate surface area is 89.8 Å². The van der Waals surface area contributed by atoms with Crippen LogP contribution in [0.3, 0.4) is 0 Å². The van der Waals surface area contributed by atoms with Crippen molar-refractivity contribution >= 4 is 22.6 Å². The van der Waals surface area contributed by atoms with Gasteiger partial charge in [-0.2, -0.15) is 0 Å². The molecule has 5 nitrogen and oxygen atoms in total. The number of aliphatic hydroxyl groups is 3. The Morgan fingerprint density at radius 1 is 1.38 bits per heavy atom. The number of rotatable bonds is 2. The average molecular weight is 304 g/mol. The van der Waals surface area contributed by atoms with E-state index < -0.39 is 24.6 Å². The van der Waals surface area contributed by atoms with E-state index in [-0.39, 0.29) is 10.5 Å². The Bertz CT molecular complexity index is 147. The molecular formula is C7H13IO5. The van der Waals surface area contributed by atoms with Gasteiger partial charge in [-0.1, -0.05) is 22.6 Å². The van der Waals surface area contributed by atoms with E-state index in [1.165, 1.54) is 7.11 Å². The highest BCUT2D eigenvalue weighted by Gasteiger charge is 2.42. The molecule has 0 saturated carbocycles. The second kappa shape index (κ2) is 4.85. The van der Waals surface area contributed by atoms with Crippen molar-refractivity contribution in [1.82, 2.24) is 0 Å². The van der Waals surface area contributed by atoms with Gasteiger partial charge in [0.1, 0.15) is 6.10 Å². The Hall–Kier alpha value is 0.530. The minimum Gasteiger partial charge on any atom is -0.394 e. The van der Waals surface area contributed by atoms with Gasteiger partial charge < -0.3 is 24.8 Å². The zero-order chi connectivity index (χ0) is 10.0. The summed E-state index contributed by atoms with van der Waals surface area (Å²) in [6.07, 6.45) is -3.35. The van der Waals surface area contributed by atoms with Gasteiger partial charge in [-0.05, 0) is 0 Å². The number of hydrogen-bond donors (Lipinski definition) is 3. The number of methoxy groups -OCH3 is 1. The molecule has 13 heavy (non-hydrogen) atoms. The van der Waals surface area contributed by atoms with Crippen LogP contribution >= 0.6 is 22.6 Å². The summed E-state index contributed by atoms with van der Waals surface area (Å²) >= 11 is 1.94. The lowest BCUT2D eigenvalue weighted by Crippen LogP contribution is -2.56. The standard InChI is InChI=1S/C7H13IO5/c1-12-7-6(11)5(10)4(8)3(2-9)13-7/h3-7,9-11H,2H2,1H3. The minimum absolute atomic E-state index is 0.197. The summed E-state index contributed by atoms with van der Waals surface area (Å²) in [7, 11) is 1.38. The zero-order valence-corrected chi connectivity index (χ0v) is 9.29. The van der Waals surface area contributed by atoms with Gasteiger partial charge in [0.05, 0.1) is 22.7 Å². The maximum Gasteiger partial charge on any atom is 0.186 e. The van der Waals surface area contributed by atoms with Crippen LogP contribution in [-0.4, -0.2) is 57.6 Å². The van der Waals surface area contributed by atoms with Gasteiger partial charge in [-0.3, -0.25) is 0 Å². The summed E-state index contributed by atoms with van der Waals surface area (Å²) in [5.41, 5.74) is 0. The van der Waals surface area contributed by atoms with Crippen LogP contribution in [0.5, 0.6) is 0 Å². The normalized spacial score (nSPS) is 46.4. The first-order valence-electron chi connectivity index (χ1n) is 3.91. The van der Waals surface area contributed by atoms with Crippen LogP contribution in [-0.2, 0) is 9.47 Å². The van der Waals surface area contributed by atoms with Crippen molar-refractivity contribution in [1.29, 1.82) is 0 Å². The molecule has 1 rings (SSSR count). The third-order valence-electron chi connectivity index (χ3n) is 2.03. The van der Waals surface area contributed by atoms with Crippen LogP contribution in [0.15, 0.2) is 0 Å². The zero-order valence-electron chi connectivity index (χ0n) is 7.13. The van der Waals surface area contributed by atoms with Crippen molar-refractivity contribution < 1.29 is 24.8 Å². The predicted octanol–water partition coefficient (Wildman–Crippen LogP) is -1.12. The van der Waals surface area contributed by atoms with Gasteiger partial charge in [0.2, 0.25) is 0 Å². The Balaban J connectivity index is 2.66. The summed E-state index contributed by atoms with van der Waals surface area (Å²) in [5.74, 6) is 0. The maximum absolute atomic E-state index is 9.52. The van der Waals surface area contributed by atoms with E-state index in [1.54, 1.807) is 0 Å². The molecule has 1 aliphatic rings. The van der Waals surface area contributed by atoms with Crippen molar-refractivity contribution in [2.24, 2.45) is 0 Å². The van der Waals surface area contributed by atoms with Gasteiger partial charge in [-0.25, -0.2) is 0 Å². The molecule has 6 heteroatoms. The summed E-state index contributed by atoms with van der Waals surface area (Å²) in [4.78, 5) is 0. The Morgan fingerprint density at radius 3 is 2.46 bits per heavy atom. The fourth-order valence-corrected chi connectivity index (χ4v) is 2.06. The van der Waals surface area contributed by atoms with Gasteiger partial charge in [-0.15, -0.1) is 0 Å². The Kier molecular flexibility index (Phi) is 4.33. The Morgan fingerprint density at radius 2 is 2.00 bits per heavy atom. The molecule has 0 aromatic rings. The second-order valence-electron chi connectivity index (χ2n) is 2.89. The third kappa shape index (κ3) is 2.31. The number of ether oxygens (including phenoxy) is 2. The molecule has 5 unspecified atom stereocenters. The lowest BCUT2D eigenvalue weighted by molar-refractivity contribution is -0.257. The highest BCUT2D eigenvalue weighted by molar-refractivity contribution is 14.1. The van der Waals surface area contributed by atoms with Crippen LogP contribution < -0.4 is 0 Å². The van der Waals surface area contributed by atoms with E-state index >= 15 is 0 Å². The van der Waals surface area contributed by atoms with Crippen molar-refractivity contribution in [2.75, 3.05) is 13.7 Å². The molecule has 1 saturated heterocycles. The van der Waals surface area contributed by atoms with Gasteiger partial charge >= 0.3 is 0 Å². The molecule has 3 N–H and O–H groups in total. The fraction of sp³-hybridized carbons (Fsp3) is 1.00. The molecule has 1 heterocycles. The van der Waals surface area contributed by atoms with Crippen molar-refractivity contribution in [3.63, 3.8) is 0 Å². The molecule has 0 radical (unpaired) electrons. The lowest BCUT2D eigenvalue weighted by atomic mass is 10.0. The molecule has 0 aromatic carbocycles. The van der Waals surface area contributed by atoms with Crippen LogP contribution in [0.2, 0.25) is 0 Å². The van der Waals surface area contributed by atoms with Crippen molar-refractivity contribution in [2.45, 2.75) is 28.5 Å². The number of halogens is 1. The van der Waals surface area contributed by atoms with E-state index in [9.17, 15) is 10.2 Å². The van der Waals surface area contributed by atoms with E-state index in [4.69, 9.17) is 14.6 Å². The molecule has 0 amide bonds. The van der Waals surface area contributed by atoms with Crippen LogP contribution in [0, 0.1) is 0 Å². The lowest BCUT2D eigenvalue weighted by Gasteiger charge is -2.39. The van der Waals surface area contributed by atoms with Crippen molar-refractivity contribution in [3.8, 4) is 0 Å². The molecule has 5 atom stereocenters. The highest BCUT2D eigenvalue weighted by atomic mass is 127. The molecule has 0 spiro atoms. The highest BCUT2D eigenvalue weighted by Crippen LogP contribution is 2.26. The molecule has 0 aliphatic carbocycles. The van der Waals surface area contributed by atoms with Gasteiger partial charge in [0, 0.05) is 7.11 Å². The quantitative estimate of drug-likeness (QED) is 0.445. The number of alkyl halides is 1. The first kappa shape index (κ1) is 11.6. The largest absolute Gasteiger partial charge is 0.394 e. The molecule has 1 fully saturated rings. The van der Waals surface area contributed by atoms with E-state index in [0.717, 1.165) is 0 Å². The SMILES string of the molecule is COC1OC(CO)C(I)C(O)C1O. The van der Waals surface area contributed by atoms with Crippen LogP contribution in [0.4, 0.5) is 0 Å². The second-order valence-corrected chi connectivity index (χ2v) is 4.33. The number of hydrogen-bond acceptors (Lipinski definition) is 5. The average Bonchev–Trinajstić information content (AvgIpc) is 2.15. The molecule has 0 aromatic heterocycles. The summed E-state index contributed by atoms with van der Waals surface area (Å²) in [5, 5.41) is 27.9. The fourth-order valence-electron chi connectivity index (χ4n) is 1.24. The first-order valence-corrected chi connectivity index (χ1v) is 5.15. The minimum atomic E-state index is -1.06. The van der Waals surface area contributed by atoms with Gasteiger partial charge in [0.15, 0.2) is 6.29 Å². The third-order valence-corrected chi connectivity index (χ3v) is 3.57. The summed E-state index contributed by atoms with van der Waals surface area (Å²) < 4.78 is 9.67. The molecule has 78 valence electrons. The van der Waals surface area contributed by atoms with E-state index in [1.807, 2.05) is 22.6 Å². The predicted molar refractivity (Wildman–Crippen MR) is 52.6 cm³/mol. The summed E-state index contributed by atoms with van der Waals surface area (Å²) in [6.45, 7) is -0.197. The smallest absolute Gasteiger partial charge is 0.186 e. The monoisotopic (exact) mass is 304 g/mol. The molecule has 1 aliphatic heterocycles. The maximum atomic E-state index is 9.52. The van der Waals surface area contributed by atoms with Crippen LogP contribution in [0.1, 0.15) is 0 Å². The molecular weight excluding hydrogens is 291 g/mol. The van der Waals surface area contributed by atoms with E-state index in [2.05, 4.69) is 0 Å². The van der Waals surface area contributed by atoms with Crippen molar-refractivity contribution in [3.05, 3.63) is 0 Å². The van der Waals surface area contributed by atoms with E-state index in [0.29, 0.717) is 0 Å². The topological polar surface area (TPSA) is 79.2 Å².